The molecule has 0 aromatic heterocycles. The van der Waals surface area contributed by atoms with Crippen molar-refractivity contribution in [2.45, 2.75) is 13.0 Å². The maximum atomic E-state index is 12.1. The first kappa shape index (κ1) is 16.5. The molecule has 0 aliphatic rings. The summed E-state index contributed by atoms with van der Waals surface area (Å²) < 4.78 is 0. The lowest BCUT2D eigenvalue weighted by molar-refractivity contribution is -0.115. The summed E-state index contributed by atoms with van der Waals surface area (Å²) in [7, 11) is 0. The van der Waals surface area contributed by atoms with Gasteiger partial charge in [-0.15, -0.1) is 0 Å². The third kappa shape index (κ3) is 3.94. The van der Waals surface area contributed by atoms with E-state index in [1.165, 1.54) is 16.3 Å². The van der Waals surface area contributed by atoms with Gasteiger partial charge in [0.2, 0.25) is 5.91 Å². The van der Waals surface area contributed by atoms with Crippen LogP contribution in [0.1, 0.15) is 18.5 Å². The molecular weight excluding hydrogens is 320 g/mol. The second-order valence-electron chi connectivity index (χ2n) is 5.73. The van der Waals surface area contributed by atoms with E-state index in [1.54, 1.807) is 12.1 Å². The molecule has 0 aliphatic carbocycles. The smallest absolute Gasteiger partial charge is 0.238 e. The highest BCUT2D eigenvalue weighted by Crippen LogP contribution is 2.23. The molecule has 0 fully saturated rings. The number of halogens is 1. The molecule has 1 atom stereocenters. The highest BCUT2D eigenvalue weighted by Gasteiger charge is 2.10. The summed E-state index contributed by atoms with van der Waals surface area (Å²) in [5.41, 5.74) is 1.88. The van der Waals surface area contributed by atoms with E-state index in [1.807, 2.05) is 30.3 Å². The molecule has 1 amide bonds. The molecule has 24 heavy (non-hydrogen) atoms. The maximum Gasteiger partial charge on any atom is 0.238 e. The first-order chi connectivity index (χ1) is 11.6. The maximum absolute atomic E-state index is 12.1. The van der Waals surface area contributed by atoms with Crippen LogP contribution >= 0.6 is 11.6 Å². The van der Waals surface area contributed by atoms with Crippen LogP contribution in [0.4, 0.5) is 5.69 Å². The minimum Gasteiger partial charge on any atom is -0.325 e. The number of amides is 1. The van der Waals surface area contributed by atoms with Crippen molar-refractivity contribution < 1.29 is 4.79 Å². The Morgan fingerprint density at radius 3 is 2.62 bits per heavy atom. The van der Waals surface area contributed by atoms with Gasteiger partial charge in [-0.2, -0.15) is 0 Å². The van der Waals surface area contributed by atoms with Crippen LogP contribution in [-0.2, 0) is 4.79 Å². The zero-order valence-corrected chi connectivity index (χ0v) is 14.2. The minimum atomic E-state index is -0.0932. The van der Waals surface area contributed by atoms with Crippen molar-refractivity contribution >= 4 is 34.0 Å². The molecule has 3 nitrogen and oxygen atoms in total. The fourth-order valence-corrected chi connectivity index (χ4v) is 2.95. The Labute approximate surface area is 146 Å². The van der Waals surface area contributed by atoms with Crippen molar-refractivity contribution in [3.8, 4) is 0 Å². The Morgan fingerprint density at radius 2 is 1.79 bits per heavy atom. The second-order valence-corrected chi connectivity index (χ2v) is 6.17. The molecular formula is C20H19ClN2O. The predicted molar refractivity (Wildman–Crippen MR) is 100 cm³/mol. The summed E-state index contributed by atoms with van der Waals surface area (Å²) in [6.07, 6.45) is 0. The van der Waals surface area contributed by atoms with Crippen molar-refractivity contribution in [2.24, 2.45) is 0 Å². The first-order valence-electron chi connectivity index (χ1n) is 7.90. The summed E-state index contributed by atoms with van der Waals surface area (Å²) in [5.74, 6) is -0.0932. The Balaban J connectivity index is 1.64. The number of hydrogen-bond donors (Lipinski definition) is 2. The van der Waals surface area contributed by atoms with Crippen LogP contribution in [0.5, 0.6) is 0 Å². The van der Waals surface area contributed by atoms with Crippen LogP contribution in [-0.4, -0.2) is 12.5 Å². The monoisotopic (exact) mass is 338 g/mol. The van der Waals surface area contributed by atoms with E-state index in [0.717, 1.165) is 0 Å². The van der Waals surface area contributed by atoms with E-state index in [2.05, 4.69) is 41.8 Å². The molecule has 3 aromatic carbocycles. The lowest BCUT2D eigenvalue weighted by Gasteiger charge is -2.16. The van der Waals surface area contributed by atoms with E-state index in [-0.39, 0.29) is 18.5 Å². The standard InChI is InChI=1S/C20H19ClN2O/c1-14(18-11-4-7-15-6-2-3-10-19(15)18)22-13-20(24)23-17-9-5-8-16(21)12-17/h2-12,14,22H,13H2,1H3,(H,23,24)/t14-/m1/s1. The number of rotatable bonds is 5. The molecule has 0 aliphatic heterocycles. The van der Waals surface area contributed by atoms with Gasteiger partial charge < -0.3 is 10.6 Å². The van der Waals surface area contributed by atoms with Crippen LogP contribution < -0.4 is 10.6 Å². The lowest BCUT2D eigenvalue weighted by atomic mass is 10.00. The van der Waals surface area contributed by atoms with Gasteiger partial charge in [-0.3, -0.25) is 4.79 Å². The zero-order valence-electron chi connectivity index (χ0n) is 13.4. The fraction of sp³-hybridized carbons (Fsp3) is 0.150. The average Bonchev–Trinajstić information content (AvgIpc) is 2.59. The minimum absolute atomic E-state index is 0.0706. The molecule has 122 valence electrons. The number of hydrogen-bond acceptors (Lipinski definition) is 2. The third-order valence-electron chi connectivity index (χ3n) is 3.97. The second kappa shape index (κ2) is 7.47. The van der Waals surface area contributed by atoms with E-state index in [9.17, 15) is 4.79 Å². The molecule has 0 heterocycles. The Hall–Kier alpha value is -2.36. The molecule has 0 radical (unpaired) electrons. The Morgan fingerprint density at radius 1 is 1.04 bits per heavy atom. The van der Waals surface area contributed by atoms with Crippen LogP contribution in [0, 0.1) is 0 Å². The third-order valence-corrected chi connectivity index (χ3v) is 4.20. The number of nitrogens with one attached hydrogen (secondary N) is 2. The van der Waals surface area contributed by atoms with Crippen molar-refractivity contribution in [1.29, 1.82) is 0 Å². The van der Waals surface area contributed by atoms with E-state index in [4.69, 9.17) is 11.6 Å². The SMILES string of the molecule is C[C@@H](NCC(=O)Nc1cccc(Cl)c1)c1cccc2ccccc12. The number of fused-ring (bicyclic) bond motifs is 1. The normalized spacial score (nSPS) is 12.1. The molecule has 0 saturated heterocycles. The van der Waals surface area contributed by atoms with E-state index >= 15 is 0 Å². The van der Waals surface area contributed by atoms with Gasteiger partial charge in [-0.1, -0.05) is 60.1 Å². The zero-order chi connectivity index (χ0) is 16.9. The molecule has 4 heteroatoms. The lowest BCUT2D eigenvalue weighted by Crippen LogP contribution is -2.30. The van der Waals surface area contributed by atoms with Crippen LogP contribution in [0.25, 0.3) is 10.8 Å². The number of carbonyl (C=O) groups is 1. The van der Waals surface area contributed by atoms with Gasteiger partial charge in [-0.05, 0) is 41.5 Å². The summed E-state index contributed by atoms with van der Waals surface area (Å²) in [4.78, 5) is 12.1. The predicted octanol–water partition coefficient (Wildman–Crippen LogP) is 4.78. The van der Waals surface area contributed by atoms with Gasteiger partial charge >= 0.3 is 0 Å². The molecule has 0 saturated carbocycles. The van der Waals surface area contributed by atoms with Crippen LogP contribution in [0.2, 0.25) is 5.02 Å². The number of anilines is 1. The summed E-state index contributed by atoms with van der Waals surface area (Å²) in [5, 5.41) is 9.13. The van der Waals surface area contributed by atoms with Crippen molar-refractivity contribution in [1.82, 2.24) is 5.32 Å². The number of carbonyl (C=O) groups excluding carboxylic acids is 1. The van der Waals surface area contributed by atoms with Gasteiger partial charge in [0.05, 0.1) is 6.54 Å². The van der Waals surface area contributed by atoms with Gasteiger partial charge in [0.15, 0.2) is 0 Å². The summed E-state index contributed by atoms with van der Waals surface area (Å²) in [6.45, 7) is 2.30. The Bertz CT molecular complexity index is 858. The molecule has 2 N–H and O–H groups in total. The molecule has 0 unspecified atom stereocenters. The average molecular weight is 339 g/mol. The molecule has 0 spiro atoms. The van der Waals surface area contributed by atoms with Crippen LogP contribution in [0.15, 0.2) is 66.7 Å². The largest absolute Gasteiger partial charge is 0.325 e. The van der Waals surface area contributed by atoms with Crippen molar-refractivity contribution in [3.63, 3.8) is 0 Å². The Kier molecular flexibility index (Phi) is 5.14. The molecule has 3 aromatic rings. The topological polar surface area (TPSA) is 41.1 Å². The fourth-order valence-electron chi connectivity index (χ4n) is 2.76. The number of benzene rings is 3. The van der Waals surface area contributed by atoms with Gasteiger partial charge in [0.1, 0.15) is 0 Å². The van der Waals surface area contributed by atoms with E-state index in [0.29, 0.717) is 10.7 Å². The summed E-state index contributed by atoms with van der Waals surface area (Å²) in [6, 6.07) is 21.7. The summed E-state index contributed by atoms with van der Waals surface area (Å²) >= 11 is 5.92. The van der Waals surface area contributed by atoms with Crippen LogP contribution in [0.3, 0.4) is 0 Å². The highest BCUT2D eigenvalue weighted by atomic mass is 35.5. The van der Waals surface area contributed by atoms with Gasteiger partial charge in [-0.25, -0.2) is 0 Å². The molecule has 0 bridgehead atoms. The van der Waals surface area contributed by atoms with Gasteiger partial charge in [0, 0.05) is 16.8 Å². The quantitative estimate of drug-likeness (QED) is 0.702. The van der Waals surface area contributed by atoms with Crippen molar-refractivity contribution in [2.75, 3.05) is 11.9 Å². The first-order valence-corrected chi connectivity index (χ1v) is 8.28. The van der Waals surface area contributed by atoms with Gasteiger partial charge in [0.25, 0.3) is 0 Å². The molecule has 3 rings (SSSR count). The van der Waals surface area contributed by atoms with E-state index < -0.39 is 0 Å². The highest BCUT2D eigenvalue weighted by molar-refractivity contribution is 6.30. The van der Waals surface area contributed by atoms with Crippen molar-refractivity contribution in [3.05, 3.63) is 77.3 Å².